The lowest BCUT2D eigenvalue weighted by molar-refractivity contribution is 0.0932. The first-order valence-corrected chi connectivity index (χ1v) is 7.93. The maximum atomic E-state index is 12.4. The van der Waals surface area contributed by atoms with Gasteiger partial charge in [-0.3, -0.25) is 4.79 Å². The number of rotatable bonds is 5. The molecular formula is C19H19N3O3. The summed E-state index contributed by atoms with van der Waals surface area (Å²) in [5.41, 5.74) is 2.47. The Bertz CT molecular complexity index is 889. The minimum Gasteiger partial charge on any atom is -0.497 e. The van der Waals surface area contributed by atoms with Crippen molar-refractivity contribution in [3.63, 3.8) is 0 Å². The zero-order valence-electron chi connectivity index (χ0n) is 14.3. The van der Waals surface area contributed by atoms with E-state index in [0.29, 0.717) is 23.0 Å². The molecule has 1 N–H and O–H groups in total. The molecule has 25 heavy (non-hydrogen) atoms. The molecule has 6 nitrogen and oxygen atoms in total. The van der Waals surface area contributed by atoms with Gasteiger partial charge in [0, 0.05) is 11.1 Å². The van der Waals surface area contributed by atoms with Crippen molar-refractivity contribution in [2.24, 2.45) is 0 Å². The minimum absolute atomic E-state index is 0.234. The standard InChI is InChI=1S/C19H19N3O3/c1-12-7-4-5-10-16(12)17-21-19(25-22-17)13(2)20-18(23)14-8-6-9-15(11-14)24-3/h4-11,13H,1-3H3,(H,20,23). The normalized spacial score (nSPS) is 11.8. The maximum Gasteiger partial charge on any atom is 0.252 e. The van der Waals surface area contributed by atoms with Crippen molar-refractivity contribution in [1.82, 2.24) is 15.5 Å². The molecule has 0 fully saturated rings. The van der Waals surface area contributed by atoms with Crippen LogP contribution in [0.15, 0.2) is 53.1 Å². The van der Waals surface area contributed by atoms with E-state index < -0.39 is 6.04 Å². The summed E-state index contributed by atoms with van der Waals surface area (Å²) in [7, 11) is 1.56. The summed E-state index contributed by atoms with van der Waals surface area (Å²) < 4.78 is 10.5. The summed E-state index contributed by atoms with van der Waals surface area (Å²) in [6.07, 6.45) is 0. The average molecular weight is 337 g/mol. The number of carbonyl (C=O) groups excluding carboxylic acids is 1. The molecule has 0 aliphatic rings. The zero-order valence-corrected chi connectivity index (χ0v) is 14.3. The average Bonchev–Trinajstić information content (AvgIpc) is 3.12. The van der Waals surface area contributed by atoms with Crippen molar-refractivity contribution >= 4 is 5.91 Å². The molecule has 1 atom stereocenters. The van der Waals surface area contributed by atoms with Crippen LogP contribution in [0.2, 0.25) is 0 Å². The van der Waals surface area contributed by atoms with Crippen LogP contribution < -0.4 is 10.1 Å². The lowest BCUT2D eigenvalue weighted by atomic mass is 10.1. The second-order valence-electron chi connectivity index (χ2n) is 5.70. The van der Waals surface area contributed by atoms with Gasteiger partial charge in [0.1, 0.15) is 11.8 Å². The van der Waals surface area contributed by atoms with Crippen LogP contribution in [0.1, 0.15) is 34.8 Å². The van der Waals surface area contributed by atoms with Gasteiger partial charge in [-0.05, 0) is 37.6 Å². The zero-order chi connectivity index (χ0) is 17.8. The number of nitrogens with zero attached hydrogens (tertiary/aromatic N) is 2. The number of aromatic nitrogens is 2. The summed E-state index contributed by atoms with van der Waals surface area (Å²) in [6, 6.07) is 14.3. The van der Waals surface area contributed by atoms with Crippen molar-refractivity contribution in [2.75, 3.05) is 7.11 Å². The molecule has 1 aromatic heterocycles. The van der Waals surface area contributed by atoms with Crippen LogP contribution in [0.3, 0.4) is 0 Å². The highest BCUT2D eigenvalue weighted by atomic mass is 16.5. The number of nitrogens with one attached hydrogen (secondary N) is 1. The molecule has 128 valence electrons. The van der Waals surface area contributed by atoms with Crippen molar-refractivity contribution in [1.29, 1.82) is 0 Å². The Balaban J connectivity index is 1.74. The molecular weight excluding hydrogens is 318 g/mol. The van der Waals surface area contributed by atoms with Crippen molar-refractivity contribution in [2.45, 2.75) is 19.9 Å². The molecule has 0 saturated heterocycles. The number of methoxy groups -OCH3 is 1. The first kappa shape index (κ1) is 16.7. The molecule has 0 aliphatic carbocycles. The van der Waals surface area contributed by atoms with Gasteiger partial charge in [-0.2, -0.15) is 4.98 Å². The Kier molecular flexibility index (Phi) is 4.79. The third kappa shape index (κ3) is 3.68. The SMILES string of the molecule is COc1cccc(C(=O)NC(C)c2nc(-c3ccccc3C)no2)c1. The number of benzene rings is 2. The van der Waals surface area contributed by atoms with E-state index in [1.54, 1.807) is 38.3 Å². The van der Waals surface area contributed by atoms with E-state index in [1.165, 1.54) is 0 Å². The van der Waals surface area contributed by atoms with Crippen LogP contribution in [0.5, 0.6) is 5.75 Å². The van der Waals surface area contributed by atoms with Gasteiger partial charge in [0.25, 0.3) is 5.91 Å². The molecule has 0 radical (unpaired) electrons. The topological polar surface area (TPSA) is 77.2 Å². The molecule has 6 heteroatoms. The van der Waals surface area contributed by atoms with Gasteiger partial charge in [0.05, 0.1) is 7.11 Å². The van der Waals surface area contributed by atoms with Gasteiger partial charge in [-0.1, -0.05) is 35.5 Å². The Labute approximate surface area is 145 Å². The molecule has 0 spiro atoms. The van der Waals surface area contributed by atoms with Crippen LogP contribution in [0, 0.1) is 6.92 Å². The molecule has 1 amide bonds. The minimum atomic E-state index is -0.413. The van der Waals surface area contributed by atoms with Crippen molar-refractivity contribution in [3.8, 4) is 17.1 Å². The number of hydrogen-bond acceptors (Lipinski definition) is 5. The highest BCUT2D eigenvalue weighted by Gasteiger charge is 2.19. The molecule has 1 unspecified atom stereocenters. The molecule has 0 bridgehead atoms. The third-order valence-corrected chi connectivity index (χ3v) is 3.88. The van der Waals surface area contributed by atoms with E-state index in [4.69, 9.17) is 9.26 Å². The second kappa shape index (κ2) is 7.17. The van der Waals surface area contributed by atoms with Gasteiger partial charge in [-0.25, -0.2) is 0 Å². The Morgan fingerprint density at radius 1 is 1.20 bits per heavy atom. The van der Waals surface area contributed by atoms with Gasteiger partial charge >= 0.3 is 0 Å². The molecule has 0 saturated carbocycles. The number of carbonyl (C=O) groups is 1. The number of aryl methyl sites for hydroxylation is 1. The van der Waals surface area contributed by atoms with E-state index >= 15 is 0 Å². The fourth-order valence-corrected chi connectivity index (χ4v) is 2.45. The van der Waals surface area contributed by atoms with Gasteiger partial charge in [0.2, 0.25) is 11.7 Å². The Hall–Kier alpha value is -3.15. The quantitative estimate of drug-likeness (QED) is 0.770. The number of ether oxygens (including phenoxy) is 1. The van der Waals surface area contributed by atoms with E-state index in [2.05, 4.69) is 15.5 Å². The molecule has 3 aromatic rings. The summed E-state index contributed by atoms with van der Waals surface area (Å²) in [6.45, 7) is 3.78. The fraction of sp³-hybridized carbons (Fsp3) is 0.211. The highest BCUT2D eigenvalue weighted by Crippen LogP contribution is 2.22. The summed E-state index contributed by atoms with van der Waals surface area (Å²) >= 11 is 0. The molecule has 2 aromatic carbocycles. The summed E-state index contributed by atoms with van der Waals surface area (Å²) in [5.74, 6) is 1.26. The first-order chi connectivity index (χ1) is 12.1. The largest absolute Gasteiger partial charge is 0.497 e. The van der Waals surface area contributed by atoms with Gasteiger partial charge in [0.15, 0.2) is 0 Å². The molecule has 1 heterocycles. The number of amides is 1. The van der Waals surface area contributed by atoms with Crippen LogP contribution in [-0.4, -0.2) is 23.2 Å². The van der Waals surface area contributed by atoms with E-state index in [1.807, 2.05) is 31.2 Å². The smallest absolute Gasteiger partial charge is 0.252 e. The predicted molar refractivity (Wildman–Crippen MR) is 93.3 cm³/mol. The van der Waals surface area contributed by atoms with Crippen molar-refractivity contribution < 1.29 is 14.1 Å². The monoisotopic (exact) mass is 337 g/mol. The highest BCUT2D eigenvalue weighted by molar-refractivity contribution is 5.94. The van der Waals surface area contributed by atoms with Crippen LogP contribution in [-0.2, 0) is 0 Å². The fourth-order valence-electron chi connectivity index (χ4n) is 2.45. The third-order valence-electron chi connectivity index (χ3n) is 3.88. The van der Waals surface area contributed by atoms with Crippen LogP contribution in [0.4, 0.5) is 0 Å². The summed E-state index contributed by atoms with van der Waals surface area (Å²) in [5, 5.41) is 6.87. The van der Waals surface area contributed by atoms with E-state index in [0.717, 1.165) is 11.1 Å². The lowest BCUT2D eigenvalue weighted by Gasteiger charge is -2.10. The predicted octanol–water partition coefficient (Wildman–Crippen LogP) is 3.54. The van der Waals surface area contributed by atoms with Gasteiger partial charge < -0.3 is 14.6 Å². The molecule has 3 rings (SSSR count). The number of hydrogen-bond donors (Lipinski definition) is 1. The first-order valence-electron chi connectivity index (χ1n) is 7.93. The lowest BCUT2D eigenvalue weighted by Crippen LogP contribution is -2.26. The van der Waals surface area contributed by atoms with Crippen LogP contribution >= 0.6 is 0 Å². The maximum absolute atomic E-state index is 12.4. The van der Waals surface area contributed by atoms with Gasteiger partial charge in [-0.15, -0.1) is 0 Å². The summed E-state index contributed by atoms with van der Waals surface area (Å²) in [4.78, 5) is 16.8. The van der Waals surface area contributed by atoms with E-state index in [9.17, 15) is 4.79 Å². The molecule has 0 aliphatic heterocycles. The Morgan fingerprint density at radius 2 is 2.00 bits per heavy atom. The second-order valence-corrected chi connectivity index (χ2v) is 5.70. The van der Waals surface area contributed by atoms with Crippen LogP contribution in [0.25, 0.3) is 11.4 Å². The van der Waals surface area contributed by atoms with E-state index in [-0.39, 0.29) is 5.91 Å². The Morgan fingerprint density at radius 3 is 2.76 bits per heavy atom. The van der Waals surface area contributed by atoms with Crippen molar-refractivity contribution in [3.05, 3.63) is 65.5 Å².